The van der Waals surface area contributed by atoms with Crippen LogP contribution in [0.25, 0.3) is 21.1 Å². The lowest BCUT2D eigenvalue weighted by atomic mass is 10.1. The van der Waals surface area contributed by atoms with Crippen molar-refractivity contribution in [1.82, 2.24) is 24.6 Å². The number of aryl methyl sites for hydroxylation is 2. The van der Waals surface area contributed by atoms with Crippen molar-refractivity contribution >= 4 is 38.4 Å². The number of carbonyl (C=O) groups is 1. The van der Waals surface area contributed by atoms with Crippen LogP contribution < -0.4 is 0 Å². The Balaban J connectivity index is 1.26. The smallest absolute Gasteiger partial charge is 0.255 e. The summed E-state index contributed by atoms with van der Waals surface area (Å²) < 4.78 is 3.09. The van der Waals surface area contributed by atoms with E-state index in [4.69, 9.17) is 0 Å². The highest BCUT2D eigenvalue weighted by Gasteiger charge is 2.23. The Hall–Kier alpha value is -2.77. The lowest BCUT2D eigenvalue weighted by molar-refractivity contribution is 0.0629. The van der Waals surface area contributed by atoms with Gasteiger partial charge in [0.2, 0.25) is 0 Å². The van der Waals surface area contributed by atoms with Crippen molar-refractivity contribution in [3.05, 3.63) is 58.7 Å². The maximum Gasteiger partial charge on any atom is 0.255 e. The molecule has 1 fully saturated rings. The first-order chi connectivity index (χ1) is 14.1. The molecule has 7 heteroatoms. The highest BCUT2D eigenvalue weighted by atomic mass is 32.1. The van der Waals surface area contributed by atoms with Crippen LogP contribution in [0, 0.1) is 6.92 Å². The molecule has 0 N–H and O–H groups in total. The molecule has 1 aliphatic rings. The molecule has 148 valence electrons. The number of amides is 1. The molecule has 3 aromatic heterocycles. The van der Waals surface area contributed by atoms with Crippen molar-refractivity contribution in [2.75, 3.05) is 26.2 Å². The molecule has 6 nitrogen and oxygen atoms in total. The van der Waals surface area contributed by atoms with E-state index < -0.39 is 0 Å². The Bertz CT molecular complexity index is 1200. The van der Waals surface area contributed by atoms with Crippen molar-refractivity contribution in [2.24, 2.45) is 7.05 Å². The first-order valence-electron chi connectivity index (χ1n) is 9.86. The predicted molar refractivity (Wildman–Crippen MR) is 116 cm³/mol. The number of fused-ring (bicyclic) bond motifs is 2. The molecule has 0 saturated carbocycles. The van der Waals surface area contributed by atoms with Crippen LogP contribution in [0.15, 0.2) is 41.9 Å². The summed E-state index contributed by atoms with van der Waals surface area (Å²) in [4.78, 5) is 21.8. The first-order valence-corrected chi connectivity index (χ1v) is 10.7. The van der Waals surface area contributed by atoms with E-state index in [2.05, 4.69) is 44.6 Å². The molecule has 0 radical (unpaired) electrons. The zero-order valence-corrected chi connectivity index (χ0v) is 17.4. The third-order valence-corrected chi connectivity index (χ3v) is 6.74. The van der Waals surface area contributed by atoms with Gasteiger partial charge >= 0.3 is 0 Å². The molecule has 0 spiro atoms. The second-order valence-corrected chi connectivity index (χ2v) is 8.54. The van der Waals surface area contributed by atoms with E-state index in [1.807, 2.05) is 24.9 Å². The Morgan fingerprint density at radius 1 is 1.14 bits per heavy atom. The third-order valence-electron chi connectivity index (χ3n) is 5.72. The van der Waals surface area contributed by atoms with Crippen LogP contribution in [0.3, 0.4) is 0 Å². The molecule has 0 atom stereocenters. The number of pyridine rings is 1. The van der Waals surface area contributed by atoms with E-state index in [0.717, 1.165) is 49.5 Å². The SMILES string of the molecule is Cc1nn(C)c2ncc(C(=O)N3CCN(Cc4csc5ccccc45)CC3)cc12. The van der Waals surface area contributed by atoms with Crippen molar-refractivity contribution in [2.45, 2.75) is 13.5 Å². The zero-order valence-electron chi connectivity index (χ0n) is 16.6. The molecule has 0 unspecified atom stereocenters. The summed E-state index contributed by atoms with van der Waals surface area (Å²) in [5.74, 6) is 0.0586. The number of carbonyl (C=O) groups excluding carboxylic acids is 1. The molecule has 4 aromatic rings. The fourth-order valence-corrected chi connectivity index (χ4v) is 5.07. The van der Waals surface area contributed by atoms with Gasteiger partial charge in [-0.15, -0.1) is 11.3 Å². The normalized spacial score (nSPS) is 15.4. The van der Waals surface area contributed by atoms with Gasteiger partial charge in [0.1, 0.15) is 0 Å². The Labute approximate surface area is 173 Å². The summed E-state index contributed by atoms with van der Waals surface area (Å²) in [5.41, 5.74) is 3.74. The number of rotatable bonds is 3. The lowest BCUT2D eigenvalue weighted by Crippen LogP contribution is -2.48. The molecule has 0 bridgehead atoms. The van der Waals surface area contributed by atoms with Crippen LogP contribution >= 0.6 is 11.3 Å². The van der Waals surface area contributed by atoms with E-state index in [1.54, 1.807) is 22.2 Å². The molecular formula is C22H23N5OS. The van der Waals surface area contributed by atoms with Gasteiger partial charge in [0.25, 0.3) is 5.91 Å². The van der Waals surface area contributed by atoms with Crippen molar-refractivity contribution in [3.63, 3.8) is 0 Å². The molecule has 1 saturated heterocycles. The monoisotopic (exact) mass is 405 g/mol. The second-order valence-electron chi connectivity index (χ2n) is 7.63. The number of hydrogen-bond acceptors (Lipinski definition) is 5. The van der Waals surface area contributed by atoms with Crippen LogP contribution in [0.4, 0.5) is 0 Å². The van der Waals surface area contributed by atoms with E-state index in [0.29, 0.717) is 5.56 Å². The van der Waals surface area contributed by atoms with Gasteiger partial charge in [-0.1, -0.05) is 18.2 Å². The van der Waals surface area contributed by atoms with Gasteiger partial charge in [0.05, 0.1) is 11.3 Å². The van der Waals surface area contributed by atoms with E-state index in [9.17, 15) is 4.79 Å². The standard InChI is InChI=1S/C22H23N5OS/c1-15-19-11-16(12-23-21(19)25(2)24-15)22(28)27-9-7-26(8-10-27)13-17-14-29-20-6-4-3-5-18(17)20/h3-6,11-12,14H,7-10,13H2,1-2H3. The summed E-state index contributed by atoms with van der Waals surface area (Å²) in [6.07, 6.45) is 1.68. The molecule has 5 rings (SSSR count). The average Bonchev–Trinajstić information content (AvgIpc) is 3.28. The van der Waals surface area contributed by atoms with E-state index >= 15 is 0 Å². The van der Waals surface area contributed by atoms with Crippen molar-refractivity contribution in [3.8, 4) is 0 Å². The van der Waals surface area contributed by atoms with Gasteiger partial charge < -0.3 is 4.90 Å². The summed E-state index contributed by atoms with van der Waals surface area (Å²) in [6, 6.07) is 10.5. The van der Waals surface area contributed by atoms with E-state index in [-0.39, 0.29) is 5.91 Å². The minimum Gasteiger partial charge on any atom is -0.336 e. The number of benzene rings is 1. The second kappa shape index (κ2) is 7.24. The molecule has 29 heavy (non-hydrogen) atoms. The van der Waals surface area contributed by atoms with E-state index in [1.165, 1.54) is 15.6 Å². The minimum absolute atomic E-state index is 0.0586. The van der Waals surface area contributed by atoms with Gasteiger partial charge in [0, 0.05) is 56.1 Å². The van der Waals surface area contributed by atoms with Gasteiger partial charge in [-0.05, 0) is 35.4 Å². The topological polar surface area (TPSA) is 54.3 Å². The number of piperazine rings is 1. The van der Waals surface area contributed by atoms with Crippen LogP contribution in [0.5, 0.6) is 0 Å². The lowest BCUT2D eigenvalue weighted by Gasteiger charge is -2.34. The highest BCUT2D eigenvalue weighted by molar-refractivity contribution is 7.17. The molecule has 4 heterocycles. The largest absolute Gasteiger partial charge is 0.336 e. The van der Waals surface area contributed by atoms with Gasteiger partial charge in [-0.2, -0.15) is 5.10 Å². The quantitative estimate of drug-likeness (QED) is 0.524. The van der Waals surface area contributed by atoms with Gasteiger partial charge in [0.15, 0.2) is 5.65 Å². The molecular weight excluding hydrogens is 382 g/mol. The van der Waals surface area contributed by atoms with Gasteiger partial charge in [-0.25, -0.2) is 4.98 Å². The van der Waals surface area contributed by atoms with Gasteiger partial charge in [-0.3, -0.25) is 14.4 Å². The average molecular weight is 406 g/mol. The van der Waals surface area contributed by atoms with Crippen LogP contribution in [0.2, 0.25) is 0 Å². The maximum absolute atomic E-state index is 13.0. The Morgan fingerprint density at radius 3 is 2.76 bits per heavy atom. The summed E-state index contributed by atoms with van der Waals surface area (Å²) in [6.45, 7) is 6.14. The Morgan fingerprint density at radius 2 is 1.93 bits per heavy atom. The predicted octanol–water partition coefficient (Wildman–Crippen LogP) is 3.45. The highest BCUT2D eigenvalue weighted by Crippen LogP contribution is 2.27. The number of thiophene rings is 1. The molecule has 1 aromatic carbocycles. The maximum atomic E-state index is 13.0. The molecule has 0 aliphatic carbocycles. The summed E-state index contributed by atoms with van der Waals surface area (Å²) in [7, 11) is 1.87. The number of nitrogens with zero attached hydrogens (tertiary/aromatic N) is 5. The van der Waals surface area contributed by atoms with Crippen LogP contribution in [-0.4, -0.2) is 56.7 Å². The van der Waals surface area contributed by atoms with Crippen LogP contribution in [-0.2, 0) is 13.6 Å². The van der Waals surface area contributed by atoms with Crippen LogP contribution in [0.1, 0.15) is 21.6 Å². The number of aromatic nitrogens is 3. The third kappa shape index (κ3) is 3.30. The van der Waals surface area contributed by atoms with Crippen molar-refractivity contribution in [1.29, 1.82) is 0 Å². The molecule has 1 aliphatic heterocycles. The number of hydrogen-bond donors (Lipinski definition) is 0. The first kappa shape index (κ1) is 18.3. The summed E-state index contributed by atoms with van der Waals surface area (Å²) >= 11 is 1.80. The fourth-order valence-electron chi connectivity index (χ4n) is 4.11. The Kier molecular flexibility index (Phi) is 4.56. The minimum atomic E-state index is 0.0586. The fraction of sp³-hybridized carbons (Fsp3) is 0.318. The zero-order chi connectivity index (χ0) is 20.0. The van der Waals surface area contributed by atoms with Crippen molar-refractivity contribution < 1.29 is 4.79 Å². The summed E-state index contributed by atoms with van der Waals surface area (Å²) in [5, 5.41) is 8.95. The molecule has 1 amide bonds.